The van der Waals surface area contributed by atoms with E-state index in [1.165, 1.54) is 4.90 Å². The van der Waals surface area contributed by atoms with Gasteiger partial charge in [-0.1, -0.05) is 35.9 Å². The Bertz CT molecular complexity index is 912. The zero-order chi connectivity index (χ0) is 20.8. The Balaban J connectivity index is 1.44. The molecular weight excluding hydrogens is 374 g/mol. The molecule has 0 aromatic heterocycles. The van der Waals surface area contributed by atoms with E-state index in [-0.39, 0.29) is 18.9 Å². The third-order valence-electron chi connectivity index (χ3n) is 4.50. The number of carbonyl (C=O) groups is 4. The number of hydrogen-bond donors (Lipinski definition) is 2. The first kappa shape index (κ1) is 20.1. The van der Waals surface area contributed by atoms with Gasteiger partial charge in [0.25, 0.3) is 11.8 Å². The van der Waals surface area contributed by atoms with Gasteiger partial charge in [-0.3, -0.25) is 30.0 Å². The second-order valence-electron chi connectivity index (χ2n) is 6.72. The van der Waals surface area contributed by atoms with Crippen molar-refractivity contribution >= 4 is 29.4 Å². The lowest BCUT2D eigenvalue weighted by Gasteiger charge is -2.16. The van der Waals surface area contributed by atoms with Gasteiger partial charge in [0, 0.05) is 24.2 Å². The molecule has 0 aliphatic carbocycles. The van der Waals surface area contributed by atoms with Crippen molar-refractivity contribution in [3.8, 4) is 0 Å². The van der Waals surface area contributed by atoms with Gasteiger partial charge < -0.3 is 9.64 Å². The van der Waals surface area contributed by atoms with Crippen molar-refractivity contribution in [3.05, 3.63) is 65.7 Å². The molecule has 2 N–H and O–H groups in total. The number of nitrogens with one attached hydrogen (secondary N) is 2. The molecule has 3 rings (SSSR count). The monoisotopic (exact) mass is 395 g/mol. The van der Waals surface area contributed by atoms with Crippen molar-refractivity contribution in [2.45, 2.75) is 13.3 Å². The highest BCUT2D eigenvalue weighted by Gasteiger charge is 2.36. The highest BCUT2D eigenvalue weighted by molar-refractivity contribution is 5.99. The van der Waals surface area contributed by atoms with E-state index in [2.05, 4.69) is 10.9 Å². The number of amides is 3. The van der Waals surface area contributed by atoms with E-state index in [1.807, 2.05) is 31.2 Å². The summed E-state index contributed by atoms with van der Waals surface area (Å²) < 4.78 is 5.00. The standard InChI is InChI=1S/C21H21N3O5/c1-14-7-9-17(10-8-14)24-12-16(11-19(24)26)21(28)29-13-18(25)22-23-20(27)15-5-3-2-4-6-15/h2-10,16H,11-13H2,1H3,(H,22,25)(H,23,27)/t16-/m1/s1. The Morgan fingerprint density at radius 3 is 2.41 bits per heavy atom. The minimum absolute atomic E-state index is 0.0269. The number of esters is 1. The molecule has 1 saturated heterocycles. The molecule has 0 bridgehead atoms. The maximum Gasteiger partial charge on any atom is 0.311 e. The fourth-order valence-corrected chi connectivity index (χ4v) is 2.92. The number of hydrazine groups is 1. The van der Waals surface area contributed by atoms with Crippen molar-refractivity contribution < 1.29 is 23.9 Å². The maximum atomic E-state index is 12.2. The summed E-state index contributed by atoms with van der Waals surface area (Å²) in [6.45, 7) is 1.60. The number of rotatable bonds is 5. The first-order valence-corrected chi connectivity index (χ1v) is 9.12. The molecule has 3 amide bonds. The van der Waals surface area contributed by atoms with Crippen LogP contribution in [0.3, 0.4) is 0 Å². The molecule has 1 atom stereocenters. The van der Waals surface area contributed by atoms with Crippen LogP contribution in [-0.2, 0) is 19.1 Å². The Morgan fingerprint density at radius 2 is 1.72 bits per heavy atom. The SMILES string of the molecule is Cc1ccc(N2C[C@H](C(=O)OCC(=O)NNC(=O)c3ccccc3)CC2=O)cc1. The summed E-state index contributed by atoms with van der Waals surface area (Å²) in [5, 5.41) is 0. The van der Waals surface area contributed by atoms with E-state index >= 15 is 0 Å². The highest BCUT2D eigenvalue weighted by atomic mass is 16.5. The summed E-state index contributed by atoms with van der Waals surface area (Å²) in [4.78, 5) is 49.6. The minimum Gasteiger partial charge on any atom is -0.455 e. The van der Waals surface area contributed by atoms with Crippen LogP contribution in [0.25, 0.3) is 0 Å². The molecule has 1 fully saturated rings. The predicted octanol–water partition coefficient (Wildman–Crippen LogP) is 1.35. The molecule has 0 spiro atoms. The summed E-state index contributed by atoms with van der Waals surface area (Å²) in [6, 6.07) is 15.8. The quantitative estimate of drug-likeness (QED) is 0.587. The summed E-state index contributed by atoms with van der Waals surface area (Å²) >= 11 is 0. The van der Waals surface area contributed by atoms with Crippen molar-refractivity contribution in [1.82, 2.24) is 10.9 Å². The third kappa shape index (κ3) is 5.19. The van der Waals surface area contributed by atoms with Crippen molar-refractivity contribution in [1.29, 1.82) is 0 Å². The van der Waals surface area contributed by atoms with Crippen LogP contribution in [0.4, 0.5) is 5.69 Å². The Labute approximate surface area is 167 Å². The molecule has 1 aliphatic heterocycles. The van der Waals surface area contributed by atoms with Crippen LogP contribution in [0.5, 0.6) is 0 Å². The summed E-state index contributed by atoms with van der Waals surface area (Å²) in [7, 11) is 0. The number of nitrogens with zero attached hydrogens (tertiary/aromatic N) is 1. The van der Waals surface area contributed by atoms with E-state index in [1.54, 1.807) is 30.3 Å². The van der Waals surface area contributed by atoms with Gasteiger partial charge in [-0.25, -0.2) is 0 Å². The first-order valence-electron chi connectivity index (χ1n) is 9.12. The molecule has 1 aliphatic rings. The lowest BCUT2D eigenvalue weighted by atomic mass is 10.1. The minimum atomic E-state index is -0.678. The van der Waals surface area contributed by atoms with E-state index in [0.29, 0.717) is 5.56 Å². The Kier molecular flexibility index (Phi) is 6.23. The van der Waals surface area contributed by atoms with Gasteiger partial charge in [-0.2, -0.15) is 0 Å². The first-order chi connectivity index (χ1) is 13.9. The van der Waals surface area contributed by atoms with Gasteiger partial charge in [0.1, 0.15) is 0 Å². The zero-order valence-corrected chi connectivity index (χ0v) is 15.9. The van der Waals surface area contributed by atoms with Crippen LogP contribution in [0.1, 0.15) is 22.3 Å². The lowest BCUT2D eigenvalue weighted by molar-refractivity contribution is -0.152. The molecule has 0 saturated carbocycles. The number of anilines is 1. The molecule has 2 aromatic rings. The Hall–Kier alpha value is -3.68. The zero-order valence-electron chi connectivity index (χ0n) is 15.9. The highest BCUT2D eigenvalue weighted by Crippen LogP contribution is 2.26. The molecule has 0 unspecified atom stereocenters. The molecular formula is C21H21N3O5. The smallest absolute Gasteiger partial charge is 0.311 e. The fraction of sp³-hybridized carbons (Fsp3) is 0.238. The average molecular weight is 395 g/mol. The predicted molar refractivity (Wildman–Crippen MR) is 105 cm³/mol. The third-order valence-corrected chi connectivity index (χ3v) is 4.50. The molecule has 0 radical (unpaired) electrons. The van der Waals surface area contributed by atoms with Gasteiger partial charge in [-0.05, 0) is 31.2 Å². The fourth-order valence-electron chi connectivity index (χ4n) is 2.92. The second-order valence-corrected chi connectivity index (χ2v) is 6.72. The van der Waals surface area contributed by atoms with E-state index < -0.39 is 30.3 Å². The van der Waals surface area contributed by atoms with E-state index in [9.17, 15) is 19.2 Å². The summed E-state index contributed by atoms with van der Waals surface area (Å²) in [5.41, 5.74) is 6.59. The van der Waals surface area contributed by atoms with Gasteiger partial charge >= 0.3 is 5.97 Å². The number of ether oxygens (including phenoxy) is 1. The molecule has 2 aromatic carbocycles. The van der Waals surface area contributed by atoms with Gasteiger partial charge in [-0.15, -0.1) is 0 Å². The van der Waals surface area contributed by atoms with Crippen molar-refractivity contribution in [2.75, 3.05) is 18.1 Å². The van der Waals surface area contributed by atoms with Crippen LogP contribution in [0.15, 0.2) is 54.6 Å². The summed E-state index contributed by atoms with van der Waals surface area (Å²) in [5.74, 6) is -2.61. The molecule has 150 valence electrons. The molecule has 8 heteroatoms. The van der Waals surface area contributed by atoms with Gasteiger partial charge in [0.05, 0.1) is 5.92 Å². The van der Waals surface area contributed by atoms with Crippen molar-refractivity contribution in [2.24, 2.45) is 5.92 Å². The Morgan fingerprint density at radius 1 is 1.03 bits per heavy atom. The number of benzene rings is 2. The molecule has 29 heavy (non-hydrogen) atoms. The molecule has 8 nitrogen and oxygen atoms in total. The largest absolute Gasteiger partial charge is 0.455 e. The molecule has 1 heterocycles. The maximum absolute atomic E-state index is 12.2. The number of hydrogen-bond acceptors (Lipinski definition) is 5. The topological polar surface area (TPSA) is 105 Å². The summed E-state index contributed by atoms with van der Waals surface area (Å²) in [6.07, 6.45) is 0.0269. The van der Waals surface area contributed by atoms with Gasteiger partial charge in [0.15, 0.2) is 6.61 Å². The van der Waals surface area contributed by atoms with E-state index in [0.717, 1.165) is 11.3 Å². The van der Waals surface area contributed by atoms with Crippen LogP contribution >= 0.6 is 0 Å². The number of aryl methyl sites for hydroxylation is 1. The lowest BCUT2D eigenvalue weighted by Crippen LogP contribution is -2.43. The number of carbonyl (C=O) groups excluding carboxylic acids is 4. The second kappa shape index (κ2) is 9.01. The van der Waals surface area contributed by atoms with Crippen LogP contribution in [-0.4, -0.2) is 36.8 Å². The van der Waals surface area contributed by atoms with Crippen LogP contribution in [0, 0.1) is 12.8 Å². The van der Waals surface area contributed by atoms with Crippen LogP contribution in [0.2, 0.25) is 0 Å². The average Bonchev–Trinajstić information content (AvgIpc) is 3.13. The van der Waals surface area contributed by atoms with Crippen LogP contribution < -0.4 is 15.8 Å². The normalized spacial score (nSPS) is 15.7. The van der Waals surface area contributed by atoms with Crippen molar-refractivity contribution in [3.63, 3.8) is 0 Å². The van der Waals surface area contributed by atoms with E-state index in [4.69, 9.17) is 4.74 Å². The van der Waals surface area contributed by atoms with Gasteiger partial charge in [0.2, 0.25) is 5.91 Å².